The van der Waals surface area contributed by atoms with Crippen LogP contribution in [0.25, 0.3) is 21.9 Å². The van der Waals surface area contributed by atoms with E-state index in [4.69, 9.17) is 0 Å². The number of carbonyl (C=O) groups excluding carboxylic acids is 1. The number of pyridine rings is 2. The minimum Gasteiger partial charge on any atom is -0.360 e. The van der Waals surface area contributed by atoms with E-state index in [2.05, 4.69) is 21.0 Å². The van der Waals surface area contributed by atoms with Crippen LogP contribution in [0.15, 0.2) is 30.7 Å². The second kappa shape index (κ2) is 8.46. The molecule has 1 atom stereocenters. The lowest BCUT2D eigenvalue weighted by atomic mass is 9.76. The Labute approximate surface area is 184 Å². The van der Waals surface area contributed by atoms with Crippen molar-refractivity contribution in [3.63, 3.8) is 0 Å². The number of nitrogens with one attached hydrogen (secondary N) is 1. The van der Waals surface area contributed by atoms with Crippen LogP contribution in [-0.2, 0) is 4.79 Å². The molecule has 0 bridgehead atoms. The Balaban J connectivity index is 1.25. The summed E-state index contributed by atoms with van der Waals surface area (Å²) in [6.07, 6.45) is 5.40. The lowest BCUT2D eigenvalue weighted by Gasteiger charge is -2.35. The van der Waals surface area contributed by atoms with Crippen molar-refractivity contribution < 1.29 is 18.0 Å². The zero-order valence-corrected chi connectivity index (χ0v) is 17.9. The molecule has 0 spiro atoms. The second-order valence-electron chi connectivity index (χ2n) is 9.29. The van der Waals surface area contributed by atoms with E-state index in [1.807, 2.05) is 18.5 Å². The highest BCUT2D eigenvalue weighted by Crippen LogP contribution is 2.40. The minimum atomic E-state index is -4.17. The number of rotatable bonds is 4. The smallest absolute Gasteiger partial charge is 0.360 e. The van der Waals surface area contributed by atoms with Gasteiger partial charge in [0, 0.05) is 35.6 Å². The molecule has 2 aliphatic rings. The summed E-state index contributed by atoms with van der Waals surface area (Å²) < 4.78 is 39.2. The average molecular weight is 445 g/mol. The molecule has 1 saturated heterocycles. The van der Waals surface area contributed by atoms with Crippen LogP contribution in [0.4, 0.5) is 13.2 Å². The van der Waals surface area contributed by atoms with E-state index in [0.717, 1.165) is 47.6 Å². The van der Waals surface area contributed by atoms with Gasteiger partial charge in [0.1, 0.15) is 5.78 Å². The number of aromatic amines is 1. The molecule has 2 fully saturated rings. The summed E-state index contributed by atoms with van der Waals surface area (Å²) in [5.41, 5.74) is 2.97. The third kappa shape index (κ3) is 4.12. The number of ketones is 1. The highest BCUT2D eigenvalue weighted by molar-refractivity contribution is 6.05. The zero-order valence-electron chi connectivity index (χ0n) is 17.9. The lowest BCUT2D eigenvalue weighted by Crippen LogP contribution is -2.44. The summed E-state index contributed by atoms with van der Waals surface area (Å²) in [5, 5.41) is 2.19. The molecule has 3 aromatic rings. The van der Waals surface area contributed by atoms with Crippen LogP contribution >= 0.6 is 0 Å². The number of likely N-dealkylation sites (tertiary alicyclic amines) is 1. The maximum absolute atomic E-state index is 13.1. The number of aromatic nitrogens is 3. The zero-order chi connectivity index (χ0) is 22.3. The number of nitrogens with zero attached hydrogens (tertiary/aromatic N) is 3. The highest BCUT2D eigenvalue weighted by atomic mass is 19.4. The monoisotopic (exact) mass is 444 g/mol. The molecule has 5 nitrogen and oxygen atoms in total. The van der Waals surface area contributed by atoms with Crippen molar-refractivity contribution in [3.8, 4) is 0 Å². The van der Waals surface area contributed by atoms with Crippen LogP contribution < -0.4 is 0 Å². The van der Waals surface area contributed by atoms with Crippen molar-refractivity contribution >= 4 is 27.7 Å². The number of Topliss-reactive ketones (excluding diaryl/α,β-unsaturated/α-hetero) is 1. The largest absolute Gasteiger partial charge is 0.393 e. The average Bonchev–Trinajstić information content (AvgIpc) is 3.28. The van der Waals surface area contributed by atoms with Gasteiger partial charge in [-0.3, -0.25) is 9.69 Å². The van der Waals surface area contributed by atoms with Crippen molar-refractivity contribution in [2.45, 2.75) is 50.6 Å². The number of alkyl halides is 3. The van der Waals surface area contributed by atoms with Gasteiger partial charge in [0.2, 0.25) is 0 Å². The number of piperidine rings is 1. The van der Waals surface area contributed by atoms with Crippen molar-refractivity contribution in [1.82, 2.24) is 19.9 Å². The first-order valence-electron chi connectivity index (χ1n) is 11.4. The van der Waals surface area contributed by atoms with Gasteiger partial charge in [-0.25, -0.2) is 9.97 Å². The molecule has 1 N–H and O–H groups in total. The van der Waals surface area contributed by atoms with Gasteiger partial charge < -0.3 is 4.98 Å². The maximum Gasteiger partial charge on any atom is 0.393 e. The number of H-pyrrole nitrogens is 1. The summed E-state index contributed by atoms with van der Waals surface area (Å²) in [7, 11) is 0. The molecule has 0 aromatic carbocycles. The molecule has 0 amide bonds. The Morgan fingerprint density at radius 3 is 2.72 bits per heavy atom. The molecule has 1 aliphatic carbocycles. The van der Waals surface area contributed by atoms with E-state index in [0.29, 0.717) is 18.9 Å². The van der Waals surface area contributed by atoms with Crippen LogP contribution in [0.2, 0.25) is 0 Å². The van der Waals surface area contributed by atoms with E-state index in [-0.39, 0.29) is 31.2 Å². The van der Waals surface area contributed by atoms with E-state index < -0.39 is 12.1 Å². The van der Waals surface area contributed by atoms with Crippen LogP contribution in [0.1, 0.15) is 50.0 Å². The quantitative estimate of drug-likeness (QED) is 0.599. The molecule has 5 rings (SSSR count). The highest BCUT2D eigenvalue weighted by Gasteiger charge is 2.42. The Kier molecular flexibility index (Phi) is 5.65. The third-order valence-electron chi connectivity index (χ3n) is 7.29. The summed E-state index contributed by atoms with van der Waals surface area (Å²) in [6.45, 7) is 0.684. The molecule has 32 heavy (non-hydrogen) atoms. The maximum atomic E-state index is 13.1. The first-order chi connectivity index (χ1) is 15.4. The van der Waals surface area contributed by atoms with Crippen LogP contribution in [0.5, 0.6) is 0 Å². The Bertz CT molecular complexity index is 1120. The predicted molar refractivity (Wildman–Crippen MR) is 116 cm³/mol. The first kappa shape index (κ1) is 21.4. The van der Waals surface area contributed by atoms with Crippen molar-refractivity contribution in [1.29, 1.82) is 0 Å². The van der Waals surface area contributed by atoms with Gasteiger partial charge >= 0.3 is 6.18 Å². The topological polar surface area (TPSA) is 61.9 Å². The van der Waals surface area contributed by atoms with Gasteiger partial charge in [-0.15, -0.1) is 0 Å². The molecular weight excluding hydrogens is 417 g/mol. The van der Waals surface area contributed by atoms with Crippen LogP contribution in [0, 0.1) is 11.8 Å². The van der Waals surface area contributed by atoms with E-state index in [1.165, 1.54) is 5.56 Å². The van der Waals surface area contributed by atoms with E-state index in [1.54, 1.807) is 11.1 Å². The van der Waals surface area contributed by atoms with Crippen LogP contribution in [0.3, 0.4) is 0 Å². The van der Waals surface area contributed by atoms with Gasteiger partial charge in [-0.05, 0) is 68.7 Å². The van der Waals surface area contributed by atoms with Gasteiger partial charge in [0.05, 0.1) is 24.2 Å². The van der Waals surface area contributed by atoms with Crippen LogP contribution in [-0.4, -0.2) is 51.4 Å². The SMILES string of the molecule is O=C(CN1CCCC(C(F)(F)F)C1)C1CCC(c2cc[nH]c3cnc4nccc4c23)CC1. The van der Waals surface area contributed by atoms with Crippen molar-refractivity contribution in [3.05, 3.63) is 36.3 Å². The Morgan fingerprint density at radius 2 is 1.94 bits per heavy atom. The molecule has 1 saturated carbocycles. The first-order valence-corrected chi connectivity index (χ1v) is 11.4. The fraction of sp³-hybridized carbons (Fsp3) is 0.542. The third-order valence-corrected chi connectivity index (χ3v) is 7.29. The summed E-state index contributed by atoms with van der Waals surface area (Å²) >= 11 is 0. The molecule has 1 aliphatic heterocycles. The van der Waals surface area contributed by atoms with Gasteiger partial charge in [0.25, 0.3) is 0 Å². The summed E-state index contributed by atoms with van der Waals surface area (Å²) in [5.74, 6) is -0.910. The summed E-state index contributed by atoms with van der Waals surface area (Å²) in [4.78, 5) is 26.6. The minimum absolute atomic E-state index is 0.0468. The van der Waals surface area contributed by atoms with E-state index >= 15 is 0 Å². The number of hydrogen-bond acceptors (Lipinski definition) is 4. The standard InChI is InChI=1S/C24H27F3N4O/c25-24(26,27)17-2-1-11-31(13-17)14-21(32)16-5-3-15(4-6-16)18-7-9-28-20-12-30-23-19(22(18)20)8-10-29-23/h7-10,12,15-17,28H,1-6,11,13-14H2. The number of halogens is 3. The normalized spacial score (nSPS) is 25.4. The molecule has 1 unspecified atom stereocenters. The summed E-state index contributed by atoms with van der Waals surface area (Å²) in [6, 6.07) is 4.11. The molecular formula is C24H27F3N4O. The molecule has 8 heteroatoms. The van der Waals surface area contributed by atoms with Gasteiger partial charge in [-0.1, -0.05) is 0 Å². The van der Waals surface area contributed by atoms with Crippen molar-refractivity contribution in [2.24, 2.45) is 11.8 Å². The lowest BCUT2D eigenvalue weighted by molar-refractivity contribution is -0.187. The molecule has 0 radical (unpaired) electrons. The Hall–Kier alpha value is -2.48. The molecule has 4 heterocycles. The predicted octanol–water partition coefficient (Wildman–Crippen LogP) is 5.23. The van der Waals surface area contributed by atoms with Gasteiger partial charge in [-0.2, -0.15) is 13.2 Å². The number of fused-ring (bicyclic) bond motifs is 3. The fourth-order valence-electron chi connectivity index (χ4n) is 5.57. The number of hydrogen-bond donors (Lipinski definition) is 1. The second-order valence-corrected chi connectivity index (χ2v) is 9.29. The fourth-order valence-corrected chi connectivity index (χ4v) is 5.57. The number of carbonyl (C=O) groups is 1. The Morgan fingerprint density at radius 1 is 1.12 bits per heavy atom. The van der Waals surface area contributed by atoms with E-state index in [9.17, 15) is 18.0 Å². The molecule has 3 aromatic heterocycles. The van der Waals surface area contributed by atoms with Crippen molar-refractivity contribution in [2.75, 3.05) is 19.6 Å². The van der Waals surface area contributed by atoms with Gasteiger partial charge in [0.15, 0.2) is 5.65 Å². The molecule has 170 valence electrons.